The van der Waals surface area contributed by atoms with Crippen LogP contribution in [0.3, 0.4) is 0 Å². The minimum absolute atomic E-state index is 0.0288. The van der Waals surface area contributed by atoms with Gasteiger partial charge in [-0.25, -0.2) is 17.2 Å². The predicted octanol–water partition coefficient (Wildman–Crippen LogP) is 4.34. The Hall–Kier alpha value is -2.23. The largest absolute Gasteiger partial charge is 0.491 e. The number of rotatable bonds is 8. The van der Waals surface area contributed by atoms with Gasteiger partial charge in [0.05, 0.1) is 11.5 Å². The number of carbonyl (C=O) groups is 1. The van der Waals surface area contributed by atoms with E-state index < -0.39 is 27.1 Å². The van der Waals surface area contributed by atoms with Crippen molar-refractivity contribution in [2.45, 2.75) is 31.6 Å². The summed E-state index contributed by atoms with van der Waals surface area (Å²) in [6, 6.07) is 8.89. The summed E-state index contributed by atoms with van der Waals surface area (Å²) in [5.41, 5.74) is -0.681. The number of amides is 1. The Labute approximate surface area is 198 Å². The summed E-state index contributed by atoms with van der Waals surface area (Å²) in [6.45, 7) is 4.80. The molecule has 1 heterocycles. The molecule has 3 rings (SSSR count). The second-order valence-corrected chi connectivity index (χ2v) is 10.9. The molecule has 1 aliphatic heterocycles. The van der Waals surface area contributed by atoms with Crippen molar-refractivity contribution in [3.05, 3.63) is 59.1 Å². The topological polar surface area (TPSA) is 66.9 Å². The monoisotopic (exact) mass is 500 g/mol. The lowest BCUT2D eigenvalue weighted by molar-refractivity contribution is -0.142. The van der Waals surface area contributed by atoms with Crippen molar-refractivity contribution in [3.8, 4) is 5.75 Å². The molecule has 0 N–H and O–H groups in total. The van der Waals surface area contributed by atoms with Crippen molar-refractivity contribution in [3.63, 3.8) is 0 Å². The van der Waals surface area contributed by atoms with Crippen molar-refractivity contribution in [1.29, 1.82) is 0 Å². The first-order valence-corrected chi connectivity index (χ1v) is 12.5. The number of nitrogens with zero attached hydrogens (tertiary/aromatic N) is 2. The lowest BCUT2D eigenvalue weighted by Gasteiger charge is -2.38. The Kier molecular flexibility index (Phi) is 7.97. The first-order valence-electron chi connectivity index (χ1n) is 10.6. The van der Waals surface area contributed by atoms with Crippen LogP contribution < -0.4 is 4.74 Å². The van der Waals surface area contributed by atoms with Gasteiger partial charge < -0.3 is 9.64 Å². The van der Waals surface area contributed by atoms with E-state index in [4.69, 9.17) is 16.3 Å². The minimum Gasteiger partial charge on any atom is -0.491 e. The van der Waals surface area contributed by atoms with Crippen LogP contribution in [0.4, 0.5) is 8.78 Å². The number of ether oxygens (including phenoxy) is 1. The molecule has 6 nitrogen and oxygen atoms in total. The molecular weight excluding hydrogens is 474 g/mol. The van der Waals surface area contributed by atoms with E-state index in [1.165, 1.54) is 28.6 Å². The fourth-order valence-electron chi connectivity index (χ4n) is 3.71. The highest BCUT2D eigenvalue weighted by molar-refractivity contribution is 7.89. The molecule has 1 aliphatic rings. The van der Waals surface area contributed by atoms with E-state index in [0.29, 0.717) is 12.8 Å². The standard InChI is InChI=1S/C23H27ClF2N2O4S/c1-23(2,10-3-15-32-21-9-4-17(24)16-20(21)26)22(29)27-11-13-28(14-12-27)33(30,31)19-7-5-18(25)6-8-19/h4-9,16H,3,10-15H2,1-2H3. The van der Waals surface area contributed by atoms with Crippen LogP contribution in [0.25, 0.3) is 0 Å². The number of hydrogen-bond acceptors (Lipinski definition) is 4. The summed E-state index contributed by atoms with van der Waals surface area (Å²) in [6.07, 6.45) is 1.06. The second kappa shape index (κ2) is 10.4. The van der Waals surface area contributed by atoms with Gasteiger partial charge in [-0.3, -0.25) is 4.79 Å². The van der Waals surface area contributed by atoms with E-state index in [9.17, 15) is 22.0 Å². The molecule has 2 aromatic rings. The summed E-state index contributed by atoms with van der Waals surface area (Å²) in [5.74, 6) is -0.998. The second-order valence-electron chi connectivity index (χ2n) is 8.56. The third-order valence-corrected chi connectivity index (χ3v) is 7.80. The molecule has 1 amide bonds. The van der Waals surface area contributed by atoms with Gasteiger partial charge in [-0.2, -0.15) is 4.31 Å². The summed E-state index contributed by atoms with van der Waals surface area (Å²) in [7, 11) is -3.74. The number of sulfonamides is 1. The van der Waals surface area contributed by atoms with Crippen LogP contribution in [0, 0.1) is 17.0 Å². The Balaban J connectivity index is 1.50. The number of piperazine rings is 1. The van der Waals surface area contributed by atoms with Crippen LogP contribution in [-0.4, -0.2) is 56.3 Å². The number of benzene rings is 2. The van der Waals surface area contributed by atoms with Crippen molar-refractivity contribution in [2.75, 3.05) is 32.8 Å². The zero-order valence-electron chi connectivity index (χ0n) is 18.6. The Bertz CT molecular complexity index is 1090. The molecule has 0 unspecified atom stereocenters. The fraction of sp³-hybridized carbons (Fsp3) is 0.435. The van der Waals surface area contributed by atoms with Crippen LogP contribution in [0.5, 0.6) is 5.75 Å². The summed E-state index contributed by atoms with van der Waals surface area (Å²) in [4.78, 5) is 14.7. The molecule has 1 fully saturated rings. The molecule has 0 spiro atoms. The maximum Gasteiger partial charge on any atom is 0.243 e. The van der Waals surface area contributed by atoms with Crippen molar-refractivity contribution >= 4 is 27.5 Å². The van der Waals surface area contributed by atoms with Crippen molar-refractivity contribution in [2.24, 2.45) is 5.41 Å². The third kappa shape index (κ3) is 6.22. The molecule has 33 heavy (non-hydrogen) atoms. The first-order chi connectivity index (χ1) is 15.5. The number of halogens is 3. The molecule has 0 aromatic heterocycles. The van der Waals surface area contributed by atoms with Gasteiger partial charge in [-0.05, 0) is 55.3 Å². The van der Waals surface area contributed by atoms with E-state index in [0.717, 1.165) is 12.1 Å². The zero-order valence-corrected chi connectivity index (χ0v) is 20.1. The molecule has 2 aromatic carbocycles. The van der Waals surface area contributed by atoms with Crippen LogP contribution >= 0.6 is 11.6 Å². The molecule has 0 aliphatic carbocycles. The molecule has 0 atom stereocenters. The predicted molar refractivity (Wildman–Crippen MR) is 122 cm³/mol. The van der Waals surface area contributed by atoms with Crippen molar-refractivity contribution in [1.82, 2.24) is 9.21 Å². The smallest absolute Gasteiger partial charge is 0.243 e. The van der Waals surface area contributed by atoms with Crippen LogP contribution in [-0.2, 0) is 14.8 Å². The number of carbonyl (C=O) groups excluding carboxylic acids is 1. The molecule has 180 valence electrons. The van der Waals surface area contributed by atoms with Crippen LogP contribution in [0.1, 0.15) is 26.7 Å². The molecule has 0 radical (unpaired) electrons. The Morgan fingerprint density at radius 1 is 1.06 bits per heavy atom. The third-order valence-electron chi connectivity index (χ3n) is 5.65. The molecule has 0 bridgehead atoms. The molecule has 10 heteroatoms. The summed E-state index contributed by atoms with van der Waals surface area (Å²) >= 11 is 5.73. The minimum atomic E-state index is -3.74. The molecular formula is C23H27ClF2N2O4S. The fourth-order valence-corrected chi connectivity index (χ4v) is 5.29. The first kappa shape index (κ1) is 25.4. The van der Waals surface area contributed by atoms with Crippen LogP contribution in [0.15, 0.2) is 47.4 Å². The quantitative estimate of drug-likeness (QED) is 0.506. The average molecular weight is 501 g/mol. The maximum atomic E-state index is 13.8. The van der Waals surface area contributed by atoms with E-state index in [1.807, 2.05) is 13.8 Å². The highest BCUT2D eigenvalue weighted by Crippen LogP contribution is 2.28. The van der Waals surface area contributed by atoms with Gasteiger partial charge in [-0.15, -0.1) is 0 Å². The maximum absolute atomic E-state index is 13.8. The van der Waals surface area contributed by atoms with Gasteiger partial charge in [-0.1, -0.05) is 25.4 Å². The average Bonchev–Trinajstić information content (AvgIpc) is 2.77. The normalized spacial score (nSPS) is 15.5. The summed E-state index contributed by atoms with van der Waals surface area (Å²) in [5, 5.41) is 0.289. The van der Waals surface area contributed by atoms with Gasteiger partial charge in [0.25, 0.3) is 0 Å². The van der Waals surface area contributed by atoms with Gasteiger partial charge in [0.1, 0.15) is 5.82 Å². The lowest BCUT2D eigenvalue weighted by Crippen LogP contribution is -2.53. The van der Waals surface area contributed by atoms with Gasteiger partial charge in [0.15, 0.2) is 11.6 Å². The molecule has 1 saturated heterocycles. The van der Waals surface area contributed by atoms with Gasteiger partial charge in [0, 0.05) is 36.6 Å². The van der Waals surface area contributed by atoms with Gasteiger partial charge in [0.2, 0.25) is 15.9 Å². The van der Waals surface area contributed by atoms with E-state index in [1.54, 1.807) is 11.0 Å². The SMILES string of the molecule is CC(C)(CCCOc1ccc(Cl)cc1F)C(=O)N1CCN(S(=O)(=O)c2ccc(F)cc2)CC1. The van der Waals surface area contributed by atoms with E-state index in [-0.39, 0.29) is 54.4 Å². The number of hydrogen-bond donors (Lipinski definition) is 0. The van der Waals surface area contributed by atoms with E-state index in [2.05, 4.69) is 0 Å². The molecule has 0 saturated carbocycles. The summed E-state index contributed by atoms with van der Waals surface area (Å²) < 4.78 is 59.2. The van der Waals surface area contributed by atoms with E-state index >= 15 is 0 Å². The Morgan fingerprint density at radius 2 is 1.70 bits per heavy atom. The van der Waals surface area contributed by atoms with Crippen LogP contribution in [0.2, 0.25) is 5.02 Å². The van der Waals surface area contributed by atoms with Crippen molar-refractivity contribution < 1.29 is 26.7 Å². The highest BCUT2D eigenvalue weighted by Gasteiger charge is 2.36. The zero-order chi connectivity index (χ0) is 24.2. The Morgan fingerprint density at radius 3 is 2.30 bits per heavy atom. The lowest BCUT2D eigenvalue weighted by atomic mass is 9.86. The van der Waals surface area contributed by atoms with Gasteiger partial charge >= 0.3 is 0 Å². The highest BCUT2D eigenvalue weighted by atomic mass is 35.5.